The summed E-state index contributed by atoms with van der Waals surface area (Å²) in [5.74, 6) is 2.65. The van der Waals surface area contributed by atoms with Crippen LogP contribution in [0, 0.1) is 5.92 Å². The zero-order valence-corrected chi connectivity index (χ0v) is 10.4. The summed E-state index contributed by atoms with van der Waals surface area (Å²) in [6, 6.07) is 2.02. The van der Waals surface area contributed by atoms with Crippen molar-refractivity contribution in [3.63, 3.8) is 0 Å². The van der Waals surface area contributed by atoms with Gasteiger partial charge in [-0.05, 0) is 32.2 Å². The van der Waals surface area contributed by atoms with Crippen molar-refractivity contribution in [2.24, 2.45) is 11.7 Å². The highest BCUT2D eigenvalue weighted by atomic mass is 15.2. The fourth-order valence-electron chi connectivity index (χ4n) is 2.31. The predicted molar refractivity (Wildman–Crippen MR) is 70.2 cm³/mol. The molecule has 0 aromatic carbocycles. The molecule has 1 aromatic heterocycles. The molecule has 0 amide bonds. The minimum absolute atomic E-state index is 0.720. The summed E-state index contributed by atoms with van der Waals surface area (Å²) >= 11 is 0. The zero-order valence-electron chi connectivity index (χ0n) is 10.4. The first-order valence-electron chi connectivity index (χ1n) is 6.34. The van der Waals surface area contributed by atoms with Gasteiger partial charge in [0.1, 0.15) is 18.0 Å². The van der Waals surface area contributed by atoms with Crippen molar-refractivity contribution < 1.29 is 0 Å². The number of hydrogen-bond donors (Lipinski definition) is 2. The first kappa shape index (κ1) is 12.1. The first-order chi connectivity index (χ1) is 8.33. The van der Waals surface area contributed by atoms with Crippen LogP contribution in [0.15, 0.2) is 12.4 Å². The lowest BCUT2D eigenvalue weighted by atomic mass is 10.1. The van der Waals surface area contributed by atoms with Gasteiger partial charge < -0.3 is 16.0 Å². The van der Waals surface area contributed by atoms with Crippen molar-refractivity contribution in [3.05, 3.63) is 12.4 Å². The normalized spacial score (nSPS) is 19.6. The quantitative estimate of drug-likeness (QED) is 0.799. The molecule has 2 rings (SSSR count). The Morgan fingerprint density at radius 3 is 3.18 bits per heavy atom. The maximum absolute atomic E-state index is 5.60. The van der Waals surface area contributed by atoms with Crippen molar-refractivity contribution in [3.8, 4) is 0 Å². The van der Waals surface area contributed by atoms with Crippen LogP contribution in [0.1, 0.15) is 19.8 Å². The van der Waals surface area contributed by atoms with Gasteiger partial charge in [-0.15, -0.1) is 0 Å². The molecule has 1 aliphatic rings. The Kier molecular flexibility index (Phi) is 4.14. The van der Waals surface area contributed by atoms with E-state index in [1.165, 1.54) is 6.42 Å². The molecule has 0 saturated carbocycles. The van der Waals surface area contributed by atoms with E-state index in [0.29, 0.717) is 0 Å². The third kappa shape index (κ3) is 3.06. The topological polar surface area (TPSA) is 67.1 Å². The average molecular weight is 235 g/mol. The summed E-state index contributed by atoms with van der Waals surface area (Å²) in [4.78, 5) is 10.9. The fourth-order valence-corrected chi connectivity index (χ4v) is 2.31. The predicted octanol–water partition coefficient (Wildman–Crippen LogP) is 1.08. The Bertz CT molecular complexity index is 355. The van der Waals surface area contributed by atoms with E-state index in [0.717, 1.165) is 50.2 Å². The molecule has 17 heavy (non-hydrogen) atoms. The number of hydrogen-bond acceptors (Lipinski definition) is 5. The molecule has 0 aliphatic carbocycles. The molecule has 1 fully saturated rings. The minimum atomic E-state index is 0.720. The van der Waals surface area contributed by atoms with Gasteiger partial charge in [-0.2, -0.15) is 0 Å². The first-order valence-corrected chi connectivity index (χ1v) is 6.34. The molecule has 0 spiro atoms. The van der Waals surface area contributed by atoms with Crippen molar-refractivity contribution in [1.29, 1.82) is 0 Å². The molecule has 0 radical (unpaired) electrons. The monoisotopic (exact) mass is 235 g/mol. The molecule has 1 unspecified atom stereocenters. The lowest BCUT2D eigenvalue weighted by molar-refractivity contribution is 0.546. The fraction of sp³-hybridized carbons (Fsp3) is 0.667. The van der Waals surface area contributed by atoms with Crippen molar-refractivity contribution in [1.82, 2.24) is 9.97 Å². The summed E-state index contributed by atoms with van der Waals surface area (Å²) in [6.07, 6.45) is 3.96. The molecule has 5 nitrogen and oxygen atoms in total. The van der Waals surface area contributed by atoms with Gasteiger partial charge in [0, 0.05) is 25.7 Å². The molecule has 0 bridgehead atoms. The second-order valence-electron chi connectivity index (χ2n) is 4.47. The number of nitrogens with one attached hydrogen (secondary N) is 1. The summed E-state index contributed by atoms with van der Waals surface area (Å²) in [5.41, 5.74) is 5.60. The maximum atomic E-state index is 5.60. The summed E-state index contributed by atoms with van der Waals surface area (Å²) in [6.45, 7) is 5.87. The molecular weight excluding hydrogens is 214 g/mol. The van der Waals surface area contributed by atoms with Crippen molar-refractivity contribution in [2.75, 3.05) is 36.4 Å². The Morgan fingerprint density at radius 2 is 2.41 bits per heavy atom. The van der Waals surface area contributed by atoms with Crippen LogP contribution < -0.4 is 16.0 Å². The molecule has 2 heterocycles. The van der Waals surface area contributed by atoms with E-state index in [-0.39, 0.29) is 0 Å². The van der Waals surface area contributed by atoms with Crippen LogP contribution >= 0.6 is 0 Å². The zero-order chi connectivity index (χ0) is 12.1. The Labute approximate surface area is 102 Å². The Hall–Kier alpha value is -1.36. The van der Waals surface area contributed by atoms with Crippen LogP contribution in [0.5, 0.6) is 0 Å². The molecule has 3 N–H and O–H groups in total. The second kappa shape index (κ2) is 5.82. The van der Waals surface area contributed by atoms with Crippen molar-refractivity contribution >= 4 is 11.6 Å². The second-order valence-corrected chi connectivity index (χ2v) is 4.47. The van der Waals surface area contributed by atoms with Gasteiger partial charge in [0.05, 0.1) is 0 Å². The molecule has 1 aromatic rings. The van der Waals surface area contributed by atoms with Gasteiger partial charge in [-0.3, -0.25) is 0 Å². The number of nitrogens with zero attached hydrogens (tertiary/aromatic N) is 3. The highest BCUT2D eigenvalue weighted by Gasteiger charge is 2.22. The number of rotatable bonds is 5. The van der Waals surface area contributed by atoms with Crippen LogP contribution in [0.2, 0.25) is 0 Å². The molecule has 94 valence electrons. The van der Waals surface area contributed by atoms with E-state index >= 15 is 0 Å². The van der Waals surface area contributed by atoms with Crippen LogP contribution in [0.4, 0.5) is 11.6 Å². The smallest absolute Gasteiger partial charge is 0.134 e. The van der Waals surface area contributed by atoms with Crippen LogP contribution in [0.3, 0.4) is 0 Å². The SMILES string of the molecule is CCNc1cc(N2CCC(CCN)C2)ncn1. The van der Waals surface area contributed by atoms with Crippen LogP contribution in [-0.2, 0) is 0 Å². The molecule has 1 atom stereocenters. The minimum Gasteiger partial charge on any atom is -0.370 e. The number of nitrogens with two attached hydrogens (primary N) is 1. The van der Waals surface area contributed by atoms with Gasteiger partial charge in [0.15, 0.2) is 0 Å². The standard InChI is InChI=1S/C12H21N5/c1-2-14-11-7-12(16-9-15-11)17-6-4-10(8-17)3-5-13/h7,9-10H,2-6,8,13H2,1H3,(H,14,15,16). The molecule has 5 heteroatoms. The summed E-state index contributed by atoms with van der Waals surface area (Å²) in [7, 11) is 0. The van der Waals surface area contributed by atoms with Crippen LogP contribution in [0.25, 0.3) is 0 Å². The van der Waals surface area contributed by atoms with E-state index in [1.807, 2.05) is 6.07 Å². The van der Waals surface area contributed by atoms with E-state index < -0.39 is 0 Å². The van der Waals surface area contributed by atoms with Gasteiger partial charge >= 0.3 is 0 Å². The summed E-state index contributed by atoms with van der Waals surface area (Å²) < 4.78 is 0. The van der Waals surface area contributed by atoms with Gasteiger partial charge in [0.25, 0.3) is 0 Å². The highest BCUT2D eigenvalue weighted by Crippen LogP contribution is 2.24. The third-order valence-electron chi connectivity index (χ3n) is 3.20. The van der Waals surface area contributed by atoms with E-state index in [4.69, 9.17) is 5.73 Å². The molecule has 1 saturated heterocycles. The number of anilines is 2. The van der Waals surface area contributed by atoms with Gasteiger partial charge in [0.2, 0.25) is 0 Å². The highest BCUT2D eigenvalue weighted by molar-refractivity contribution is 5.48. The van der Waals surface area contributed by atoms with Gasteiger partial charge in [-0.25, -0.2) is 9.97 Å². The molecule has 1 aliphatic heterocycles. The number of aromatic nitrogens is 2. The van der Waals surface area contributed by atoms with E-state index in [1.54, 1.807) is 6.33 Å². The van der Waals surface area contributed by atoms with Gasteiger partial charge in [-0.1, -0.05) is 0 Å². The average Bonchev–Trinajstić information content (AvgIpc) is 2.79. The summed E-state index contributed by atoms with van der Waals surface area (Å²) in [5, 5.41) is 3.21. The van der Waals surface area contributed by atoms with Crippen molar-refractivity contribution in [2.45, 2.75) is 19.8 Å². The van der Waals surface area contributed by atoms with E-state index in [2.05, 4.69) is 27.1 Å². The Balaban J connectivity index is 2.00. The Morgan fingerprint density at radius 1 is 1.53 bits per heavy atom. The largest absolute Gasteiger partial charge is 0.370 e. The lowest BCUT2D eigenvalue weighted by Crippen LogP contribution is -2.21. The maximum Gasteiger partial charge on any atom is 0.134 e. The van der Waals surface area contributed by atoms with Crippen LogP contribution in [-0.4, -0.2) is 36.1 Å². The lowest BCUT2D eigenvalue weighted by Gasteiger charge is -2.17. The van der Waals surface area contributed by atoms with E-state index in [9.17, 15) is 0 Å². The molecular formula is C12H21N5. The third-order valence-corrected chi connectivity index (χ3v) is 3.20.